The fourth-order valence-corrected chi connectivity index (χ4v) is 2.81. The molecule has 2 aromatic heterocycles. The molecule has 142 valence electrons. The highest BCUT2D eigenvalue weighted by Gasteiger charge is 2.15. The molecule has 0 saturated carbocycles. The molecule has 0 amide bonds. The molecule has 0 spiro atoms. The van der Waals surface area contributed by atoms with E-state index in [1.54, 1.807) is 0 Å². The standard InChI is InChI=1S/C19H20F2N4O2/c20-13-6-4-5-12(17(13)21)15-11-24-18(25-15)14(22)7-2-1-3-8-16(26)19-23-9-10-27-19/h4-6,9-11,14H,1-3,7-8,22H2,(H,24,25)/t14-/m0/s1. The summed E-state index contributed by atoms with van der Waals surface area (Å²) in [6.07, 6.45) is 7.65. The summed E-state index contributed by atoms with van der Waals surface area (Å²) in [6.45, 7) is 0. The van der Waals surface area contributed by atoms with E-state index in [0.29, 0.717) is 30.8 Å². The summed E-state index contributed by atoms with van der Waals surface area (Å²) in [5.74, 6) is -1.29. The van der Waals surface area contributed by atoms with Gasteiger partial charge in [0, 0.05) is 12.0 Å². The highest BCUT2D eigenvalue weighted by molar-refractivity contribution is 5.91. The fraction of sp³-hybridized carbons (Fsp3) is 0.316. The first-order valence-corrected chi connectivity index (χ1v) is 8.74. The first-order chi connectivity index (χ1) is 13.1. The van der Waals surface area contributed by atoms with E-state index in [0.717, 1.165) is 18.9 Å². The van der Waals surface area contributed by atoms with Crippen molar-refractivity contribution in [1.82, 2.24) is 15.0 Å². The first kappa shape index (κ1) is 18.9. The summed E-state index contributed by atoms with van der Waals surface area (Å²) in [7, 11) is 0. The first-order valence-electron chi connectivity index (χ1n) is 8.74. The number of aromatic amines is 1. The maximum Gasteiger partial charge on any atom is 0.263 e. The molecule has 27 heavy (non-hydrogen) atoms. The molecule has 0 aliphatic heterocycles. The summed E-state index contributed by atoms with van der Waals surface area (Å²) in [5.41, 5.74) is 6.62. The number of aromatic nitrogens is 3. The summed E-state index contributed by atoms with van der Waals surface area (Å²) < 4.78 is 32.2. The summed E-state index contributed by atoms with van der Waals surface area (Å²) in [4.78, 5) is 22.7. The highest BCUT2D eigenvalue weighted by Crippen LogP contribution is 2.24. The smallest absolute Gasteiger partial charge is 0.263 e. The third-order valence-corrected chi connectivity index (χ3v) is 4.28. The van der Waals surface area contributed by atoms with Crippen LogP contribution in [0.15, 0.2) is 41.3 Å². The lowest BCUT2D eigenvalue weighted by atomic mass is 10.1. The van der Waals surface area contributed by atoms with Gasteiger partial charge in [0.1, 0.15) is 12.1 Å². The number of nitrogens with zero attached hydrogens (tertiary/aromatic N) is 2. The van der Waals surface area contributed by atoms with Gasteiger partial charge in [-0.2, -0.15) is 0 Å². The Balaban J connectivity index is 1.46. The van der Waals surface area contributed by atoms with Gasteiger partial charge >= 0.3 is 0 Å². The molecule has 8 heteroatoms. The Kier molecular flexibility index (Phi) is 6.08. The van der Waals surface area contributed by atoms with Crippen molar-refractivity contribution in [1.29, 1.82) is 0 Å². The number of Topliss-reactive ketones (excluding diaryl/α,β-unsaturated/α-hetero) is 1. The maximum absolute atomic E-state index is 13.9. The topological polar surface area (TPSA) is 97.8 Å². The zero-order chi connectivity index (χ0) is 19.2. The van der Waals surface area contributed by atoms with Gasteiger partial charge in [0.2, 0.25) is 5.78 Å². The maximum atomic E-state index is 13.9. The molecule has 0 radical (unpaired) electrons. The average molecular weight is 374 g/mol. The third-order valence-electron chi connectivity index (χ3n) is 4.28. The molecule has 0 fully saturated rings. The van der Waals surface area contributed by atoms with Crippen LogP contribution in [0.25, 0.3) is 11.3 Å². The molecule has 0 unspecified atom stereocenters. The molecular formula is C19H20F2N4O2. The van der Waals surface area contributed by atoms with Crippen LogP contribution >= 0.6 is 0 Å². The second-order valence-electron chi connectivity index (χ2n) is 6.25. The van der Waals surface area contributed by atoms with Gasteiger partial charge in [-0.3, -0.25) is 4.79 Å². The lowest BCUT2D eigenvalue weighted by Crippen LogP contribution is -2.12. The number of nitrogens with two attached hydrogens (primary N) is 1. The second-order valence-corrected chi connectivity index (χ2v) is 6.25. The molecule has 2 heterocycles. The summed E-state index contributed by atoms with van der Waals surface area (Å²) >= 11 is 0. The quantitative estimate of drug-likeness (QED) is 0.433. The molecular weight excluding hydrogens is 354 g/mol. The molecule has 1 atom stereocenters. The zero-order valence-electron chi connectivity index (χ0n) is 14.6. The van der Waals surface area contributed by atoms with Gasteiger partial charge in [0.05, 0.1) is 24.1 Å². The number of H-pyrrole nitrogens is 1. The number of rotatable bonds is 9. The van der Waals surface area contributed by atoms with Crippen LogP contribution in [0.4, 0.5) is 8.78 Å². The van der Waals surface area contributed by atoms with Crippen molar-refractivity contribution < 1.29 is 18.0 Å². The van der Waals surface area contributed by atoms with E-state index < -0.39 is 11.6 Å². The minimum absolute atomic E-state index is 0.114. The Labute approximate surface area is 154 Å². The minimum atomic E-state index is -0.919. The van der Waals surface area contributed by atoms with Crippen LogP contribution in [-0.4, -0.2) is 20.7 Å². The Bertz CT molecular complexity index is 893. The van der Waals surface area contributed by atoms with E-state index in [9.17, 15) is 13.6 Å². The number of oxazole rings is 1. The molecule has 0 saturated heterocycles. The van der Waals surface area contributed by atoms with Crippen LogP contribution in [0, 0.1) is 11.6 Å². The van der Waals surface area contributed by atoms with Crippen LogP contribution in [0.5, 0.6) is 0 Å². The lowest BCUT2D eigenvalue weighted by molar-refractivity contribution is 0.0945. The second kappa shape index (κ2) is 8.68. The highest BCUT2D eigenvalue weighted by atomic mass is 19.2. The number of carbonyl (C=O) groups is 1. The molecule has 0 aliphatic rings. The van der Waals surface area contributed by atoms with Crippen molar-refractivity contribution in [2.24, 2.45) is 5.73 Å². The molecule has 1 aromatic carbocycles. The SMILES string of the molecule is N[C@@H](CCCCCC(=O)c1ncco1)c1ncc(-c2cccc(F)c2F)[nH]1. The predicted octanol–water partition coefficient (Wildman–Crippen LogP) is 4.18. The third kappa shape index (κ3) is 4.65. The normalized spacial score (nSPS) is 12.3. The van der Waals surface area contributed by atoms with E-state index >= 15 is 0 Å². The van der Waals surface area contributed by atoms with Crippen molar-refractivity contribution in [3.8, 4) is 11.3 Å². The molecule has 3 N–H and O–H groups in total. The monoisotopic (exact) mass is 374 g/mol. The Morgan fingerprint density at radius 3 is 2.85 bits per heavy atom. The van der Waals surface area contributed by atoms with Crippen LogP contribution < -0.4 is 5.73 Å². The molecule has 0 aliphatic carbocycles. The van der Waals surface area contributed by atoms with Crippen molar-refractivity contribution in [2.75, 3.05) is 0 Å². The average Bonchev–Trinajstić information content (AvgIpc) is 3.35. The largest absolute Gasteiger partial charge is 0.442 e. The number of imidazole rings is 1. The van der Waals surface area contributed by atoms with Crippen LogP contribution in [0.1, 0.15) is 54.7 Å². The number of unbranched alkanes of at least 4 members (excludes halogenated alkanes) is 2. The number of carbonyl (C=O) groups excluding carboxylic acids is 1. The number of nitrogens with one attached hydrogen (secondary N) is 1. The van der Waals surface area contributed by atoms with Gasteiger partial charge in [-0.25, -0.2) is 18.7 Å². The molecule has 3 aromatic rings. The Hall–Kier alpha value is -2.87. The number of hydrogen-bond donors (Lipinski definition) is 2. The van der Waals surface area contributed by atoms with Crippen LogP contribution in [-0.2, 0) is 0 Å². The van der Waals surface area contributed by atoms with Crippen molar-refractivity contribution in [3.05, 3.63) is 60.2 Å². The predicted molar refractivity (Wildman–Crippen MR) is 94.8 cm³/mol. The van der Waals surface area contributed by atoms with Crippen molar-refractivity contribution in [2.45, 2.75) is 38.1 Å². The van der Waals surface area contributed by atoms with Gasteiger partial charge in [-0.15, -0.1) is 0 Å². The number of benzene rings is 1. The van der Waals surface area contributed by atoms with Gasteiger partial charge < -0.3 is 15.1 Å². The number of hydrogen-bond acceptors (Lipinski definition) is 5. The number of ketones is 1. The van der Waals surface area contributed by atoms with Gasteiger partial charge in [0.25, 0.3) is 5.89 Å². The van der Waals surface area contributed by atoms with E-state index in [1.807, 2.05) is 0 Å². The zero-order valence-corrected chi connectivity index (χ0v) is 14.6. The van der Waals surface area contributed by atoms with Crippen LogP contribution in [0.2, 0.25) is 0 Å². The molecule has 3 rings (SSSR count). The van der Waals surface area contributed by atoms with Crippen molar-refractivity contribution in [3.63, 3.8) is 0 Å². The molecule has 0 bridgehead atoms. The van der Waals surface area contributed by atoms with E-state index in [2.05, 4.69) is 15.0 Å². The number of halogens is 2. The summed E-state index contributed by atoms with van der Waals surface area (Å²) in [6, 6.07) is 3.63. The van der Waals surface area contributed by atoms with E-state index in [-0.39, 0.29) is 23.3 Å². The Morgan fingerprint density at radius 1 is 1.22 bits per heavy atom. The van der Waals surface area contributed by atoms with Crippen LogP contribution in [0.3, 0.4) is 0 Å². The van der Waals surface area contributed by atoms with Gasteiger partial charge in [-0.1, -0.05) is 18.9 Å². The fourth-order valence-electron chi connectivity index (χ4n) is 2.81. The van der Waals surface area contributed by atoms with Gasteiger partial charge in [-0.05, 0) is 25.0 Å². The van der Waals surface area contributed by atoms with E-state index in [1.165, 1.54) is 30.8 Å². The van der Waals surface area contributed by atoms with E-state index in [4.69, 9.17) is 10.2 Å². The molecule has 6 nitrogen and oxygen atoms in total. The Morgan fingerprint density at radius 2 is 2.07 bits per heavy atom. The minimum Gasteiger partial charge on any atom is -0.442 e. The van der Waals surface area contributed by atoms with Crippen molar-refractivity contribution >= 4 is 5.78 Å². The summed E-state index contributed by atoms with van der Waals surface area (Å²) in [5, 5.41) is 0. The lowest BCUT2D eigenvalue weighted by Gasteiger charge is -2.08. The van der Waals surface area contributed by atoms with Gasteiger partial charge in [0.15, 0.2) is 11.6 Å².